The molecule has 2 saturated carbocycles. The van der Waals surface area contributed by atoms with Crippen molar-refractivity contribution in [1.29, 1.82) is 0 Å². The number of allylic oxidation sites excluding steroid dienone is 2. The molecule has 6 nitrogen and oxygen atoms in total. The summed E-state index contributed by atoms with van der Waals surface area (Å²) in [7, 11) is 2.17. The summed E-state index contributed by atoms with van der Waals surface area (Å²) < 4.78 is 0.692. The molecule has 1 heterocycles. The number of hydrogen-bond donors (Lipinski definition) is 4. The number of aliphatic hydroxyl groups excluding tert-OH is 3. The lowest BCUT2D eigenvalue weighted by atomic mass is 9.47. The molecular weight excluding hydrogens is 426 g/mol. The van der Waals surface area contributed by atoms with Crippen LogP contribution >= 0.6 is 0 Å². The third-order valence-electron chi connectivity index (χ3n) is 7.91. The number of hydrogen-bond acceptors (Lipinski definition) is 5. The summed E-state index contributed by atoms with van der Waals surface area (Å²) in [6, 6.07) is -0.249. The Morgan fingerprint density at radius 3 is 2.64 bits per heavy atom. The highest BCUT2D eigenvalue weighted by atomic mass is 79.9. The molecule has 0 amide bonds. The molecule has 28 heavy (non-hydrogen) atoms. The van der Waals surface area contributed by atoms with Gasteiger partial charge in [-0.1, -0.05) is 6.08 Å². The third kappa shape index (κ3) is 2.37. The van der Waals surface area contributed by atoms with Gasteiger partial charge < -0.3 is 41.9 Å². The summed E-state index contributed by atoms with van der Waals surface area (Å²) in [5.74, 6) is 0.142. The van der Waals surface area contributed by atoms with Crippen molar-refractivity contribution in [1.82, 2.24) is 0 Å². The van der Waals surface area contributed by atoms with Gasteiger partial charge in [-0.3, -0.25) is 4.79 Å². The number of carbonyl (C=O) groups excluding carboxylic acids is 1. The molecule has 4 aliphatic carbocycles. The number of nitrogens with zero attached hydrogens (tertiary/aromatic N) is 1. The lowest BCUT2D eigenvalue weighted by Crippen LogP contribution is -3.00. The van der Waals surface area contributed by atoms with E-state index in [4.69, 9.17) is 0 Å². The predicted molar refractivity (Wildman–Crippen MR) is 97.6 cm³/mol. The van der Waals surface area contributed by atoms with Gasteiger partial charge in [0.15, 0.2) is 5.78 Å². The molecule has 0 aromatic heterocycles. The van der Waals surface area contributed by atoms with E-state index in [1.807, 2.05) is 6.08 Å². The van der Waals surface area contributed by atoms with E-state index in [-0.39, 0.29) is 47.4 Å². The van der Waals surface area contributed by atoms with Crippen molar-refractivity contribution < 1.29 is 46.7 Å². The molecule has 4 N–H and O–H groups in total. The number of ketones is 1. The predicted octanol–water partition coefficient (Wildman–Crippen LogP) is -2.26. The average Bonchev–Trinajstić information content (AvgIpc) is 3.43. The Balaban J connectivity index is 0.00000192. The minimum absolute atomic E-state index is 0. The minimum atomic E-state index is -1.37. The Hall–Kier alpha value is -0.990. The first-order valence-electron chi connectivity index (χ1n) is 10.0. The second-order valence-electron chi connectivity index (χ2n) is 9.47. The molecular formula is C21H28BrNO5. The maximum Gasteiger partial charge on any atom is 0.162 e. The third-order valence-corrected chi connectivity index (χ3v) is 7.91. The SMILES string of the molecule is C[N+]1(CC2CC2)CC[C@@]23C4=C(O)C(O)C=CC4=C[C@@H]1[C@]2(O)CCC(=O)C3O.[Br-]. The van der Waals surface area contributed by atoms with Gasteiger partial charge >= 0.3 is 0 Å². The van der Waals surface area contributed by atoms with E-state index in [2.05, 4.69) is 7.05 Å². The molecule has 1 aliphatic heterocycles. The first-order valence-corrected chi connectivity index (χ1v) is 10.0. The monoisotopic (exact) mass is 453 g/mol. The zero-order chi connectivity index (χ0) is 19.2. The molecule has 5 aliphatic rings. The van der Waals surface area contributed by atoms with Crippen LogP contribution < -0.4 is 17.0 Å². The molecule has 5 rings (SSSR count). The molecule has 3 fully saturated rings. The second kappa shape index (κ2) is 6.25. The molecule has 1 saturated heterocycles. The number of likely N-dealkylation sites (tertiary alicyclic amines) is 1. The van der Waals surface area contributed by atoms with Crippen LogP contribution in [0.25, 0.3) is 0 Å². The normalized spacial score (nSPS) is 47.1. The van der Waals surface area contributed by atoms with Crippen LogP contribution in [0.1, 0.15) is 32.1 Å². The summed E-state index contributed by atoms with van der Waals surface area (Å²) in [5, 5.41) is 44.0. The van der Waals surface area contributed by atoms with Gasteiger partial charge in [-0.05, 0) is 37.0 Å². The van der Waals surface area contributed by atoms with Crippen molar-refractivity contribution in [2.24, 2.45) is 11.3 Å². The van der Waals surface area contributed by atoms with Crippen molar-refractivity contribution in [3.05, 3.63) is 35.1 Å². The van der Waals surface area contributed by atoms with E-state index in [9.17, 15) is 25.2 Å². The van der Waals surface area contributed by atoms with Gasteiger partial charge in [-0.2, -0.15) is 0 Å². The Morgan fingerprint density at radius 2 is 1.96 bits per heavy atom. The quantitative estimate of drug-likeness (QED) is 0.354. The Kier molecular flexibility index (Phi) is 4.53. The smallest absolute Gasteiger partial charge is 0.162 e. The maximum absolute atomic E-state index is 12.5. The van der Waals surface area contributed by atoms with Crippen LogP contribution in [0.3, 0.4) is 0 Å². The van der Waals surface area contributed by atoms with E-state index in [0.29, 0.717) is 28.9 Å². The van der Waals surface area contributed by atoms with Crippen LogP contribution in [0.15, 0.2) is 35.1 Å². The van der Waals surface area contributed by atoms with Crippen LogP contribution in [0.4, 0.5) is 0 Å². The molecule has 0 aromatic rings. The molecule has 3 unspecified atom stereocenters. The van der Waals surface area contributed by atoms with Gasteiger partial charge in [0.2, 0.25) is 0 Å². The lowest BCUT2D eigenvalue weighted by Gasteiger charge is -2.65. The summed E-state index contributed by atoms with van der Waals surface area (Å²) >= 11 is 0. The molecule has 154 valence electrons. The topological polar surface area (TPSA) is 98.0 Å². The highest BCUT2D eigenvalue weighted by Crippen LogP contribution is 2.63. The van der Waals surface area contributed by atoms with Crippen molar-refractivity contribution in [2.45, 2.75) is 56.0 Å². The van der Waals surface area contributed by atoms with Crippen molar-refractivity contribution in [3.63, 3.8) is 0 Å². The fourth-order valence-corrected chi connectivity index (χ4v) is 6.39. The van der Waals surface area contributed by atoms with Crippen molar-refractivity contribution >= 4 is 5.78 Å². The number of piperidine rings is 1. The largest absolute Gasteiger partial charge is 1.00 e. The number of rotatable bonds is 2. The standard InChI is InChI=1S/C21H27NO5.BrH/c1-22(11-12-2-3-12)9-8-20-17-13(4-5-14(23)18(17)25)10-16(22)21(20,27)7-6-15(24)19(20)26;/h4-5,10,12,14,16,19,23,26-27H,2-3,6-9,11H2,1H3;1H/t14?,16-,19?,20+,21-,22?;/m1./s1. The molecule has 0 radical (unpaired) electrons. The van der Waals surface area contributed by atoms with Crippen LogP contribution in [-0.4, -0.2) is 74.7 Å². The van der Waals surface area contributed by atoms with Gasteiger partial charge in [0.1, 0.15) is 29.6 Å². The van der Waals surface area contributed by atoms with Gasteiger partial charge in [0, 0.05) is 24.3 Å². The number of fused-ring (bicyclic) bond motifs is 1. The minimum Gasteiger partial charge on any atom is -1.00 e. The van der Waals surface area contributed by atoms with Crippen LogP contribution in [0.5, 0.6) is 0 Å². The number of aliphatic hydroxyl groups is 4. The highest BCUT2D eigenvalue weighted by molar-refractivity contribution is 5.87. The Morgan fingerprint density at radius 1 is 1.25 bits per heavy atom. The van der Waals surface area contributed by atoms with Gasteiger partial charge in [-0.25, -0.2) is 0 Å². The zero-order valence-corrected chi connectivity index (χ0v) is 17.6. The molecule has 6 atom stereocenters. The second-order valence-corrected chi connectivity index (χ2v) is 9.47. The van der Waals surface area contributed by atoms with Crippen molar-refractivity contribution in [3.8, 4) is 0 Å². The fraction of sp³-hybridized carbons (Fsp3) is 0.667. The van der Waals surface area contributed by atoms with Crippen LogP contribution in [0.2, 0.25) is 0 Å². The molecule has 0 aromatic carbocycles. The maximum atomic E-state index is 12.5. The zero-order valence-electron chi connectivity index (χ0n) is 16.0. The first-order chi connectivity index (χ1) is 12.7. The van der Waals surface area contributed by atoms with Gasteiger partial charge in [0.05, 0.1) is 25.6 Å². The van der Waals surface area contributed by atoms with Gasteiger partial charge in [0.25, 0.3) is 0 Å². The van der Waals surface area contributed by atoms with Crippen molar-refractivity contribution in [2.75, 3.05) is 20.1 Å². The number of quaternary nitrogens is 1. The fourth-order valence-electron chi connectivity index (χ4n) is 6.39. The number of Topliss-reactive ketones (excluding diaryl/α,β-unsaturated/α-hetero) is 1. The molecule has 0 spiro atoms. The number of carbonyl (C=O) groups is 1. The number of halogens is 1. The Bertz CT molecular complexity index is 818. The van der Waals surface area contributed by atoms with E-state index >= 15 is 0 Å². The summed E-state index contributed by atoms with van der Waals surface area (Å²) in [6.07, 6.45) is 6.00. The van der Waals surface area contributed by atoms with E-state index in [0.717, 1.165) is 12.1 Å². The first kappa shape index (κ1) is 20.3. The van der Waals surface area contributed by atoms with E-state index in [1.54, 1.807) is 6.08 Å². The van der Waals surface area contributed by atoms with E-state index < -0.39 is 23.2 Å². The summed E-state index contributed by atoms with van der Waals surface area (Å²) in [4.78, 5) is 12.5. The van der Waals surface area contributed by atoms with E-state index in [1.165, 1.54) is 18.9 Å². The molecule has 7 heteroatoms. The summed E-state index contributed by atoms with van der Waals surface area (Å²) in [5.41, 5.74) is -1.48. The van der Waals surface area contributed by atoms with Crippen LogP contribution in [-0.2, 0) is 4.79 Å². The molecule has 2 bridgehead atoms. The summed E-state index contributed by atoms with van der Waals surface area (Å²) in [6.45, 7) is 1.70. The highest BCUT2D eigenvalue weighted by Gasteiger charge is 2.73. The average molecular weight is 454 g/mol. The van der Waals surface area contributed by atoms with Gasteiger partial charge in [-0.15, -0.1) is 0 Å². The lowest BCUT2D eigenvalue weighted by molar-refractivity contribution is -0.944. The number of likely N-dealkylation sites (N-methyl/N-ethyl adjacent to an activating group) is 1. The Labute approximate surface area is 175 Å². The van der Waals surface area contributed by atoms with Crippen LogP contribution in [0, 0.1) is 11.3 Å².